The van der Waals surface area contributed by atoms with Crippen LogP contribution in [0.15, 0.2) is 72.8 Å². The van der Waals surface area contributed by atoms with Crippen LogP contribution in [-0.2, 0) is 6.42 Å². The molecule has 0 amide bonds. The molecule has 1 atom stereocenters. The molecule has 1 heteroatoms. The summed E-state index contributed by atoms with van der Waals surface area (Å²) in [6.45, 7) is 0. The van der Waals surface area contributed by atoms with Gasteiger partial charge in [-0.1, -0.05) is 66.7 Å². The zero-order chi connectivity index (χ0) is 14.5. The molecular formula is C20H21N. The minimum atomic E-state index is 0.123. The predicted octanol–water partition coefficient (Wildman–Crippen LogP) is 4.86. The van der Waals surface area contributed by atoms with E-state index in [1.165, 1.54) is 21.9 Å². The van der Waals surface area contributed by atoms with Crippen molar-refractivity contribution < 1.29 is 0 Å². The molecule has 1 nitrogen and oxygen atoms in total. The average molecular weight is 275 g/mol. The van der Waals surface area contributed by atoms with E-state index in [9.17, 15) is 0 Å². The fourth-order valence-corrected chi connectivity index (χ4v) is 2.78. The van der Waals surface area contributed by atoms with Crippen LogP contribution in [0.1, 0.15) is 30.0 Å². The van der Waals surface area contributed by atoms with Crippen LogP contribution in [0.5, 0.6) is 0 Å². The smallest absolute Gasteiger partial charge is 0.0295 e. The van der Waals surface area contributed by atoms with Gasteiger partial charge in [0.2, 0.25) is 0 Å². The van der Waals surface area contributed by atoms with Crippen molar-refractivity contribution in [3.8, 4) is 0 Å². The second kappa shape index (κ2) is 6.55. The van der Waals surface area contributed by atoms with Gasteiger partial charge in [0.25, 0.3) is 0 Å². The molecule has 0 aromatic heterocycles. The monoisotopic (exact) mass is 275 g/mol. The van der Waals surface area contributed by atoms with E-state index >= 15 is 0 Å². The SMILES string of the molecule is NC(CCCc1ccccc1)c1ccc2ccccc2c1. The summed E-state index contributed by atoms with van der Waals surface area (Å²) in [5.41, 5.74) is 8.98. The highest BCUT2D eigenvalue weighted by molar-refractivity contribution is 5.83. The van der Waals surface area contributed by atoms with Crippen LogP contribution < -0.4 is 5.73 Å². The van der Waals surface area contributed by atoms with E-state index in [-0.39, 0.29) is 6.04 Å². The molecule has 0 saturated heterocycles. The summed E-state index contributed by atoms with van der Waals surface area (Å²) in [6.07, 6.45) is 3.24. The molecule has 0 aliphatic carbocycles. The van der Waals surface area contributed by atoms with Crippen LogP contribution in [0.2, 0.25) is 0 Å². The Kier molecular flexibility index (Phi) is 4.32. The Balaban J connectivity index is 1.62. The first-order chi connectivity index (χ1) is 10.3. The van der Waals surface area contributed by atoms with Crippen molar-refractivity contribution in [1.82, 2.24) is 0 Å². The Morgan fingerprint density at radius 3 is 2.29 bits per heavy atom. The van der Waals surface area contributed by atoms with Crippen molar-refractivity contribution in [2.75, 3.05) is 0 Å². The summed E-state index contributed by atoms with van der Waals surface area (Å²) >= 11 is 0. The lowest BCUT2D eigenvalue weighted by molar-refractivity contribution is 0.612. The van der Waals surface area contributed by atoms with Gasteiger partial charge in [0.15, 0.2) is 0 Å². The van der Waals surface area contributed by atoms with Gasteiger partial charge in [0.1, 0.15) is 0 Å². The van der Waals surface area contributed by atoms with Crippen molar-refractivity contribution in [3.05, 3.63) is 83.9 Å². The molecule has 106 valence electrons. The quantitative estimate of drug-likeness (QED) is 0.707. The number of benzene rings is 3. The molecule has 0 aliphatic heterocycles. The zero-order valence-corrected chi connectivity index (χ0v) is 12.2. The van der Waals surface area contributed by atoms with Crippen molar-refractivity contribution in [2.24, 2.45) is 5.73 Å². The minimum Gasteiger partial charge on any atom is -0.324 e. The summed E-state index contributed by atoms with van der Waals surface area (Å²) in [4.78, 5) is 0. The first-order valence-corrected chi connectivity index (χ1v) is 7.61. The Morgan fingerprint density at radius 2 is 1.48 bits per heavy atom. The highest BCUT2D eigenvalue weighted by atomic mass is 14.6. The summed E-state index contributed by atoms with van der Waals surface area (Å²) < 4.78 is 0. The summed E-state index contributed by atoms with van der Waals surface area (Å²) in [5, 5.41) is 2.55. The number of rotatable bonds is 5. The third-order valence-electron chi connectivity index (χ3n) is 4.03. The van der Waals surface area contributed by atoms with Crippen LogP contribution >= 0.6 is 0 Å². The van der Waals surface area contributed by atoms with Gasteiger partial charge in [0.05, 0.1) is 0 Å². The number of nitrogens with two attached hydrogens (primary N) is 1. The summed E-state index contributed by atoms with van der Waals surface area (Å²) in [6, 6.07) is 25.7. The number of hydrogen-bond acceptors (Lipinski definition) is 1. The van der Waals surface area contributed by atoms with E-state index in [0.717, 1.165) is 19.3 Å². The Hall–Kier alpha value is -2.12. The van der Waals surface area contributed by atoms with E-state index in [2.05, 4.69) is 72.8 Å². The van der Waals surface area contributed by atoms with Gasteiger partial charge in [-0.15, -0.1) is 0 Å². The first kappa shape index (κ1) is 13.8. The Labute approximate surface area is 126 Å². The number of hydrogen-bond donors (Lipinski definition) is 1. The molecule has 3 aromatic rings. The molecule has 0 bridgehead atoms. The summed E-state index contributed by atoms with van der Waals surface area (Å²) in [7, 11) is 0. The fourth-order valence-electron chi connectivity index (χ4n) is 2.78. The fraction of sp³-hybridized carbons (Fsp3) is 0.200. The maximum atomic E-state index is 6.35. The van der Waals surface area contributed by atoms with Gasteiger partial charge in [0, 0.05) is 6.04 Å². The average Bonchev–Trinajstić information content (AvgIpc) is 2.55. The maximum absolute atomic E-state index is 6.35. The van der Waals surface area contributed by atoms with Crippen molar-refractivity contribution in [3.63, 3.8) is 0 Å². The largest absolute Gasteiger partial charge is 0.324 e. The van der Waals surface area contributed by atoms with Crippen LogP contribution in [0.25, 0.3) is 10.8 Å². The van der Waals surface area contributed by atoms with E-state index < -0.39 is 0 Å². The molecule has 21 heavy (non-hydrogen) atoms. The molecule has 2 N–H and O–H groups in total. The van der Waals surface area contributed by atoms with Gasteiger partial charge >= 0.3 is 0 Å². The van der Waals surface area contributed by atoms with Gasteiger partial charge in [-0.05, 0) is 47.2 Å². The Bertz CT molecular complexity index is 703. The van der Waals surface area contributed by atoms with Gasteiger partial charge in [-0.25, -0.2) is 0 Å². The molecule has 0 radical (unpaired) electrons. The van der Waals surface area contributed by atoms with Crippen molar-refractivity contribution >= 4 is 10.8 Å². The van der Waals surface area contributed by atoms with Crippen LogP contribution in [-0.4, -0.2) is 0 Å². The molecule has 0 saturated carbocycles. The molecule has 3 aromatic carbocycles. The third kappa shape index (κ3) is 3.50. The highest BCUT2D eigenvalue weighted by Gasteiger charge is 2.06. The van der Waals surface area contributed by atoms with Crippen LogP contribution in [0, 0.1) is 0 Å². The first-order valence-electron chi connectivity index (χ1n) is 7.61. The van der Waals surface area contributed by atoms with Gasteiger partial charge < -0.3 is 5.73 Å². The van der Waals surface area contributed by atoms with Gasteiger partial charge in [-0.3, -0.25) is 0 Å². The number of aryl methyl sites for hydroxylation is 1. The minimum absolute atomic E-state index is 0.123. The van der Waals surface area contributed by atoms with E-state index in [0.29, 0.717) is 0 Å². The van der Waals surface area contributed by atoms with E-state index in [4.69, 9.17) is 5.73 Å². The van der Waals surface area contributed by atoms with E-state index in [1.807, 2.05) is 0 Å². The zero-order valence-electron chi connectivity index (χ0n) is 12.2. The normalized spacial score (nSPS) is 12.4. The second-order valence-corrected chi connectivity index (χ2v) is 5.59. The highest BCUT2D eigenvalue weighted by Crippen LogP contribution is 2.22. The lowest BCUT2D eigenvalue weighted by Gasteiger charge is -2.13. The molecule has 0 aliphatic rings. The lowest BCUT2D eigenvalue weighted by Crippen LogP contribution is -2.10. The van der Waals surface area contributed by atoms with Crippen LogP contribution in [0.4, 0.5) is 0 Å². The second-order valence-electron chi connectivity index (χ2n) is 5.59. The van der Waals surface area contributed by atoms with Crippen molar-refractivity contribution in [2.45, 2.75) is 25.3 Å². The Morgan fingerprint density at radius 1 is 0.762 bits per heavy atom. The topological polar surface area (TPSA) is 26.0 Å². The lowest BCUT2D eigenvalue weighted by atomic mass is 9.97. The number of fused-ring (bicyclic) bond motifs is 1. The van der Waals surface area contributed by atoms with Crippen LogP contribution in [0.3, 0.4) is 0 Å². The molecule has 3 rings (SSSR count). The molecule has 0 fully saturated rings. The molecule has 0 spiro atoms. The van der Waals surface area contributed by atoms with Gasteiger partial charge in [-0.2, -0.15) is 0 Å². The summed E-state index contributed by atoms with van der Waals surface area (Å²) in [5.74, 6) is 0. The van der Waals surface area contributed by atoms with Crippen molar-refractivity contribution in [1.29, 1.82) is 0 Å². The third-order valence-corrected chi connectivity index (χ3v) is 4.03. The molecule has 0 heterocycles. The molecule has 1 unspecified atom stereocenters. The van der Waals surface area contributed by atoms with E-state index in [1.54, 1.807) is 0 Å². The maximum Gasteiger partial charge on any atom is 0.0295 e. The predicted molar refractivity (Wildman–Crippen MR) is 90.3 cm³/mol. The standard InChI is InChI=1S/C20H21N/c21-20(12-6-9-16-7-2-1-3-8-16)19-14-13-17-10-4-5-11-18(17)15-19/h1-5,7-8,10-11,13-15,20H,6,9,12,21H2. The molecular weight excluding hydrogens is 254 g/mol.